The minimum Gasteiger partial charge on any atom is -0.350 e. The molecule has 0 radical (unpaired) electrons. The Morgan fingerprint density at radius 2 is 1.53 bits per heavy atom. The fourth-order valence-electron chi connectivity index (χ4n) is 3.98. The minimum atomic E-state index is -0.0625. The maximum absolute atomic E-state index is 13.4. The van der Waals surface area contributed by atoms with Crippen LogP contribution in [0, 0.1) is 6.92 Å². The quantitative estimate of drug-likeness (QED) is 0.416. The number of hydrogen-bond acceptors (Lipinski definition) is 2. The van der Waals surface area contributed by atoms with Gasteiger partial charge in [0.05, 0.1) is 16.6 Å². The Kier molecular flexibility index (Phi) is 4.32. The zero-order valence-electron chi connectivity index (χ0n) is 16.9. The van der Waals surface area contributed by atoms with E-state index in [-0.39, 0.29) is 5.56 Å². The first-order valence-corrected chi connectivity index (χ1v) is 9.93. The van der Waals surface area contributed by atoms with E-state index >= 15 is 0 Å². The highest BCUT2D eigenvalue weighted by Gasteiger charge is 2.12. The molecule has 2 aromatic heterocycles. The van der Waals surface area contributed by atoms with Crippen molar-refractivity contribution < 1.29 is 0 Å². The summed E-state index contributed by atoms with van der Waals surface area (Å²) >= 11 is 0. The molecule has 0 unspecified atom stereocenters. The lowest BCUT2D eigenvalue weighted by molar-refractivity contribution is 0.934. The number of aryl methyl sites for hydroxylation is 2. The second-order valence-electron chi connectivity index (χ2n) is 7.46. The van der Waals surface area contributed by atoms with Crippen LogP contribution in [-0.2, 0) is 7.05 Å². The molecule has 0 saturated carbocycles. The molecule has 2 heterocycles. The van der Waals surface area contributed by atoms with E-state index in [1.165, 1.54) is 10.9 Å². The van der Waals surface area contributed by atoms with Crippen LogP contribution >= 0.6 is 0 Å². The van der Waals surface area contributed by atoms with Gasteiger partial charge in [0.1, 0.15) is 5.82 Å². The lowest BCUT2D eigenvalue weighted by atomic mass is 10.1. The molecule has 0 atom stereocenters. The zero-order chi connectivity index (χ0) is 20.7. The first kappa shape index (κ1) is 18.1. The molecular formula is C26H21N3O. The third kappa shape index (κ3) is 2.94. The highest BCUT2D eigenvalue weighted by molar-refractivity contribution is 5.92. The summed E-state index contributed by atoms with van der Waals surface area (Å²) in [6, 6.07) is 23.7. The second-order valence-corrected chi connectivity index (χ2v) is 7.46. The van der Waals surface area contributed by atoms with Crippen molar-refractivity contribution in [1.82, 2.24) is 14.1 Å². The average molecular weight is 391 g/mol. The minimum absolute atomic E-state index is 0.0625. The van der Waals surface area contributed by atoms with Crippen LogP contribution in [0.25, 0.3) is 39.6 Å². The number of rotatable bonds is 3. The first-order valence-electron chi connectivity index (χ1n) is 9.93. The van der Waals surface area contributed by atoms with Crippen molar-refractivity contribution in [2.45, 2.75) is 6.92 Å². The van der Waals surface area contributed by atoms with Gasteiger partial charge in [-0.2, -0.15) is 0 Å². The first-order chi connectivity index (χ1) is 14.6. The average Bonchev–Trinajstić information content (AvgIpc) is 3.09. The zero-order valence-corrected chi connectivity index (χ0v) is 16.9. The smallest absolute Gasteiger partial charge is 0.266 e. The Labute approximate surface area is 174 Å². The van der Waals surface area contributed by atoms with Gasteiger partial charge in [0, 0.05) is 29.7 Å². The number of hydrogen-bond donors (Lipinski definition) is 0. The van der Waals surface area contributed by atoms with Crippen LogP contribution in [0.15, 0.2) is 83.8 Å². The van der Waals surface area contributed by atoms with E-state index < -0.39 is 0 Å². The van der Waals surface area contributed by atoms with E-state index in [4.69, 9.17) is 4.98 Å². The van der Waals surface area contributed by atoms with Gasteiger partial charge in [-0.3, -0.25) is 9.36 Å². The van der Waals surface area contributed by atoms with Crippen LogP contribution in [-0.4, -0.2) is 14.1 Å². The number of fused-ring (bicyclic) bond motifs is 2. The van der Waals surface area contributed by atoms with Crippen molar-refractivity contribution in [3.05, 3.63) is 106 Å². The number of aromatic nitrogens is 3. The van der Waals surface area contributed by atoms with Gasteiger partial charge in [0.2, 0.25) is 0 Å². The molecule has 146 valence electrons. The highest BCUT2D eigenvalue weighted by atomic mass is 16.1. The molecule has 3 aromatic carbocycles. The standard InChI is InChI=1S/C26H21N3O/c1-18-9-3-7-13-23(18)29-25(27-22-12-6-4-11-21(22)26(29)30)16-15-19-17-28(2)24-14-8-5-10-20(19)24/h3-17H,1-2H3. The van der Waals surface area contributed by atoms with Gasteiger partial charge < -0.3 is 4.57 Å². The lowest BCUT2D eigenvalue weighted by Crippen LogP contribution is -2.23. The fourth-order valence-corrected chi connectivity index (χ4v) is 3.98. The van der Waals surface area contributed by atoms with E-state index in [9.17, 15) is 4.79 Å². The van der Waals surface area contributed by atoms with E-state index in [0.717, 1.165) is 16.8 Å². The maximum atomic E-state index is 13.4. The van der Waals surface area contributed by atoms with Crippen molar-refractivity contribution in [2.24, 2.45) is 7.05 Å². The molecule has 4 nitrogen and oxygen atoms in total. The molecule has 0 aliphatic heterocycles. The molecule has 0 spiro atoms. The maximum Gasteiger partial charge on any atom is 0.266 e. The molecule has 0 fully saturated rings. The van der Waals surface area contributed by atoms with Crippen LogP contribution in [0.3, 0.4) is 0 Å². The monoisotopic (exact) mass is 391 g/mol. The summed E-state index contributed by atoms with van der Waals surface area (Å²) < 4.78 is 3.82. The second kappa shape index (κ2) is 7.16. The van der Waals surface area contributed by atoms with Crippen LogP contribution in [0.1, 0.15) is 17.0 Å². The molecule has 4 heteroatoms. The molecule has 0 N–H and O–H groups in total. The van der Waals surface area contributed by atoms with E-state index in [1.807, 2.05) is 86.8 Å². The SMILES string of the molecule is Cc1ccccc1-n1c(C=Cc2cn(C)c3ccccc23)nc2ccccc2c1=O. The third-order valence-electron chi connectivity index (χ3n) is 5.50. The van der Waals surface area contributed by atoms with Gasteiger partial charge >= 0.3 is 0 Å². The highest BCUT2D eigenvalue weighted by Crippen LogP contribution is 2.23. The summed E-state index contributed by atoms with van der Waals surface area (Å²) in [5, 5.41) is 1.78. The Bertz CT molecular complexity index is 1490. The van der Waals surface area contributed by atoms with E-state index in [1.54, 1.807) is 4.57 Å². The van der Waals surface area contributed by atoms with Crippen molar-refractivity contribution >= 4 is 34.0 Å². The van der Waals surface area contributed by atoms with Gasteiger partial charge in [0.25, 0.3) is 5.56 Å². The summed E-state index contributed by atoms with van der Waals surface area (Å²) in [5.41, 5.74) is 4.76. The van der Waals surface area contributed by atoms with Crippen LogP contribution in [0.4, 0.5) is 0 Å². The summed E-state index contributed by atoms with van der Waals surface area (Å²) in [4.78, 5) is 18.2. The summed E-state index contributed by atoms with van der Waals surface area (Å²) in [5.74, 6) is 0.612. The van der Waals surface area contributed by atoms with Gasteiger partial charge in [-0.15, -0.1) is 0 Å². The third-order valence-corrected chi connectivity index (χ3v) is 5.50. The van der Waals surface area contributed by atoms with Crippen LogP contribution in [0.2, 0.25) is 0 Å². The molecule has 0 bridgehead atoms. The molecular weight excluding hydrogens is 370 g/mol. The number of benzene rings is 3. The normalized spacial score (nSPS) is 11.7. The van der Waals surface area contributed by atoms with Crippen molar-refractivity contribution in [3.63, 3.8) is 0 Å². The van der Waals surface area contributed by atoms with Crippen LogP contribution < -0.4 is 5.56 Å². The molecule has 5 aromatic rings. The Morgan fingerprint density at radius 1 is 0.833 bits per heavy atom. The predicted octanol–water partition coefficient (Wildman–Crippen LogP) is 5.36. The molecule has 0 amide bonds. The van der Waals surface area contributed by atoms with E-state index in [0.29, 0.717) is 16.7 Å². The van der Waals surface area contributed by atoms with Gasteiger partial charge in [0.15, 0.2) is 0 Å². The Hall–Kier alpha value is -3.92. The molecule has 0 saturated heterocycles. The summed E-state index contributed by atoms with van der Waals surface area (Å²) in [6.07, 6.45) is 6.06. The predicted molar refractivity (Wildman–Crippen MR) is 124 cm³/mol. The lowest BCUT2D eigenvalue weighted by Gasteiger charge is -2.13. The van der Waals surface area contributed by atoms with Crippen molar-refractivity contribution in [3.8, 4) is 5.69 Å². The van der Waals surface area contributed by atoms with Gasteiger partial charge in [-0.05, 0) is 48.9 Å². The Balaban J connectivity index is 1.76. The largest absolute Gasteiger partial charge is 0.350 e. The van der Waals surface area contributed by atoms with Crippen molar-refractivity contribution in [2.75, 3.05) is 0 Å². The fraction of sp³-hybridized carbons (Fsp3) is 0.0769. The molecule has 30 heavy (non-hydrogen) atoms. The van der Waals surface area contributed by atoms with Gasteiger partial charge in [-0.25, -0.2) is 4.98 Å². The van der Waals surface area contributed by atoms with Crippen LogP contribution in [0.5, 0.6) is 0 Å². The molecule has 0 aliphatic carbocycles. The Morgan fingerprint density at radius 3 is 2.37 bits per heavy atom. The number of para-hydroxylation sites is 3. The van der Waals surface area contributed by atoms with Gasteiger partial charge in [-0.1, -0.05) is 48.5 Å². The number of nitrogens with zero attached hydrogens (tertiary/aromatic N) is 3. The summed E-state index contributed by atoms with van der Waals surface area (Å²) in [6.45, 7) is 2.01. The van der Waals surface area contributed by atoms with Crippen molar-refractivity contribution in [1.29, 1.82) is 0 Å². The topological polar surface area (TPSA) is 39.8 Å². The molecule has 0 aliphatic rings. The van der Waals surface area contributed by atoms with E-state index in [2.05, 4.69) is 22.9 Å². The molecule has 5 rings (SSSR count). The summed E-state index contributed by atoms with van der Waals surface area (Å²) in [7, 11) is 2.04.